The fourth-order valence-electron chi connectivity index (χ4n) is 3.69. The number of halogens is 3. The van der Waals surface area contributed by atoms with Gasteiger partial charge in [-0.3, -0.25) is 14.2 Å². The van der Waals surface area contributed by atoms with Crippen molar-refractivity contribution in [2.75, 3.05) is 12.4 Å². The average molecular weight is 509 g/mol. The molecule has 0 spiro atoms. The highest BCUT2D eigenvalue weighted by molar-refractivity contribution is 5.68. The number of aryl methyl sites for hydroxylation is 1. The van der Waals surface area contributed by atoms with Crippen molar-refractivity contribution in [1.82, 2.24) is 9.55 Å². The van der Waals surface area contributed by atoms with Crippen molar-refractivity contribution in [1.29, 1.82) is 0 Å². The van der Waals surface area contributed by atoms with Crippen LogP contribution in [0.25, 0.3) is 16.9 Å². The van der Waals surface area contributed by atoms with Crippen LogP contribution in [-0.2, 0) is 17.4 Å². The van der Waals surface area contributed by atoms with E-state index in [2.05, 4.69) is 10.3 Å². The molecule has 1 aromatic heterocycles. The number of methoxy groups -OCH3 is 1. The zero-order valence-electron chi connectivity index (χ0n) is 19.6. The summed E-state index contributed by atoms with van der Waals surface area (Å²) in [7, 11) is 1.23. The quantitative estimate of drug-likeness (QED) is 0.317. The minimum Gasteiger partial charge on any atom is -0.495 e. The van der Waals surface area contributed by atoms with Gasteiger partial charge in [-0.15, -0.1) is 0 Å². The van der Waals surface area contributed by atoms with Crippen LogP contribution in [0.3, 0.4) is 0 Å². The van der Waals surface area contributed by atoms with Gasteiger partial charge < -0.3 is 15.2 Å². The third kappa shape index (κ3) is 5.97. The lowest BCUT2D eigenvalue weighted by atomic mass is 10.1. The molecule has 1 heterocycles. The molecule has 4 aromatic rings. The molecule has 2 N–H and O–H groups in total. The van der Waals surface area contributed by atoms with Crippen molar-refractivity contribution >= 4 is 17.5 Å². The number of hydrogen-bond acceptors (Lipinski definition) is 5. The Morgan fingerprint density at radius 3 is 2.38 bits per heavy atom. The van der Waals surface area contributed by atoms with E-state index in [4.69, 9.17) is 9.84 Å². The lowest BCUT2D eigenvalue weighted by molar-refractivity contribution is -0.138. The second-order valence-corrected chi connectivity index (χ2v) is 8.11. The van der Waals surface area contributed by atoms with Crippen LogP contribution in [0, 0.1) is 0 Å². The third-order valence-corrected chi connectivity index (χ3v) is 5.60. The summed E-state index contributed by atoms with van der Waals surface area (Å²) in [6.45, 7) is 0. The number of carbonyl (C=O) groups is 1. The summed E-state index contributed by atoms with van der Waals surface area (Å²) in [5, 5.41) is 11.7. The lowest BCUT2D eigenvalue weighted by Crippen LogP contribution is -2.23. The first kappa shape index (κ1) is 25.5. The zero-order chi connectivity index (χ0) is 26.6. The van der Waals surface area contributed by atoms with Crippen molar-refractivity contribution in [2.45, 2.75) is 19.0 Å². The number of anilines is 2. The van der Waals surface area contributed by atoms with Gasteiger partial charge in [-0.05, 0) is 42.3 Å². The molecule has 10 heteroatoms. The van der Waals surface area contributed by atoms with Crippen LogP contribution in [-0.4, -0.2) is 27.7 Å². The average Bonchev–Trinajstić information content (AvgIpc) is 2.89. The van der Waals surface area contributed by atoms with Gasteiger partial charge in [0.05, 0.1) is 24.1 Å². The highest BCUT2D eigenvalue weighted by Gasteiger charge is 2.31. The Morgan fingerprint density at radius 1 is 1.05 bits per heavy atom. The number of hydrogen-bond donors (Lipinski definition) is 2. The van der Waals surface area contributed by atoms with Crippen LogP contribution < -0.4 is 15.6 Å². The molecule has 0 fully saturated rings. The summed E-state index contributed by atoms with van der Waals surface area (Å²) in [5.41, 5.74) is 1.18. The Morgan fingerprint density at radius 2 is 1.76 bits per heavy atom. The van der Waals surface area contributed by atoms with Crippen molar-refractivity contribution in [3.05, 3.63) is 100 Å². The number of rotatable bonds is 8. The molecule has 7 nitrogen and oxygen atoms in total. The molecule has 0 aliphatic rings. The minimum atomic E-state index is -4.55. The number of aromatic nitrogens is 2. The smallest absolute Gasteiger partial charge is 0.416 e. The number of carboxylic acids is 1. The van der Waals surface area contributed by atoms with E-state index in [9.17, 15) is 22.8 Å². The number of nitrogens with one attached hydrogen (secondary N) is 1. The van der Waals surface area contributed by atoms with Crippen LogP contribution in [0.15, 0.2) is 83.8 Å². The summed E-state index contributed by atoms with van der Waals surface area (Å²) >= 11 is 0. The molecule has 0 saturated heterocycles. The maximum absolute atomic E-state index is 13.4. The maximum Gasteiger partial charge on any atom is 0.416 e. The van der Waals surface area contributed by atoms with Gasteiger partial charge in [-0.25, -0.2) is 4.98 Å². The molecule has 190 valence electrons. The van der Waals surface area contributed by atoms with E-state index < -0.39 is 23.3 Å². The third-order valence-electron chi connectivity index (χ3n) is 5.60. The minimum absolute atomic E-state index is 0.0181. The number of nitrogens with zero attached hydrogens (tertiary/aromatic N) is 2. The van der Waals surface area contributed by atoms with Gasteiger partial charge in [0.2, 0.25) is 0 Å². The normalized spacial score (nSPS) is 11.2. The first-order valence-electron chi connectivity index (χ1n) is 11.2. The second-order valence-electron chi connectivity index (χ2n) is 8.11. The Labute approximate surface area is 209 Å². The van der Waals surface area contributed by atoms with Crippen LogP contribution in [0.4, 0.5) is 24.7 Å². The highest BCUT2D eigenvalue weighted by Crippen LogP contribution is 2.36. The van der Waals surface area contributed by atoms with Gasteiger partial charge in [-0.2, -0.15) is 13.2 Å². The fraction of sp³-hybridized carbons (Fsp3) is 0.148. The van der Waals surface area contributed by atoms with Crippen LogP contribution in [0.2, 0.25) is 0 Å². The predicted molar refractivity (Wildman–Crippen MR) is 133 cm³/mol. The van der Waals surface area contributed by atoms with E-state index in [1.807, 2.05) is 30.3 Å². The molecule has 4 rings (SSSR count). The molecule has 0 aliphatic carbocycles. The van der Waals surface area contributed by atoms with Gasteiger partial charge in [-0.1, -0.05) is 42.5 Å². The molecule has 0 unspecified atom stereocenters. The largest absolute Gasteiger partial charge is 0.495 e. The van der Waals surface area contributed by atoms with Crippen molar-refractivity contribution < 1.29 is 27.8 Å². The number of aliphatic carboxylic acids is 1. The Bertz CT molecular complexity index is 1470. The predicted octanol–water partition coefficient (Wildman–Crippen LogP) is 5.69. The molecule has 0 atom stereocenters. The van der Waals surface area contributed by atoms with E-state index in [0.717, 1.165) is 23.3 Å². The van der Waals surface area contributed by atoms with Crippen molar-refractivity contribution in [3.63, 3.8) is 0 Å². The van der Waals surface area contributed by atoms with Gasteiger partial charge in [0, 0.05) is 23.9 Å². The van der Waals surface area contributed by atoms with Crippen molar-refractivity contribution in [2.24, 2.45) is 0 Å². The SMILES string of the molecule is COc1cc(C(F)(F)F)ccc1Nc1nc(-c2ccccc2)cn(-c2ccc(CCC(=O)O)cc2)c1=O. The number of benzene rings is 3. The monoisotopic (exact) mass is 509 g/mol. The number of ether oxygens (including phenoxy) is 1. The lowest BCUT2D eigenvalue weighted by Gasteiger charge is -2.16. The number of alkyl halides is 3. The summed E-state index contributed by atoms with van der Waals surface area (Å²) in [5.74, 6) is -1.12. The van der Waals surface area contributed by atoms with E-state index in [1.54, 1.807) is 30.5 Å². The topological polar surface area (TPSA) is 93.4 Å². The molecule has 0 aliphatic heterocycles. The van der Waals surface area contributed by atoms with E-state index >= 15 is 0 Å². The molecule has 0 saturated carbocycles. The molecule has 0 radical (unpaired) electrons. The van der Waals surface area contributed by atoms with E-state index in [0.29, 0.717) is 17.8 Å². The molecular weight excluding hydrogens is 487 g/mol. The van der Waals surface area contributed by atoms with Gasteiger partial charge in [0.15, 0.2) is 5.82 Å². The molecule has 37 heavy (non-hydrogen) atoms. The Balaban J connectivity index is 1.78. The summed E-state index contributed by atoms with van der Waals surface area (Å²) < 4.78 is 46.0. The van der Waals surface area contributed by atoms with Gasteiger partial charge >= 0.3 is 12.1 Å². The van der Waals surface area contributed by atoms with Gasteiger partial charge in [0.25, 0.3) is 5.56 Å². The van der Waals surface area contributed by atoms with Crippen molar-refractivity contribution in [3.8, 4) is 22.7 Å². The summed E-state index contributed by atoms with van der Waals surface area (Å²) in [4.78, 5) is 28.7. The Kier molecular flexibility index (Phi) is 7.28. The molecule has 0 bridgehead atoms. The van der Waals surface area contributed by atoms with Crippen LogP contribution in [0.5, 0.6) is 5.75 Å². The van der Waals surface area contributed by atoms with Gasteiger partial charge in [0.1, 0.15) is 5.75 Å². The standard InChI is InChI=1S/C27H22F3N3O4/c1-37-23-15-19(27(28,29)30)10-13-21(23)31-25-26(36)33(16-22(32-25)18-5-3-2-4-6-18)20-11-7-17(8-12-20)9-14-24(34)35/h2-8,10-13,15-16H,9,14H2,1H3,(H,31,32)(H,34,35). The van der Waals surface area contributed by atoms with Crippen LogP contribution in [0.1, 0.15) is 17.5 Å². The van der Waals surface area contributed by atoms with E-state index in [-0.39, 0.29) is 23.7 Å². The Hall–Kier alpha value is -4.60. The molecular formula is C27H22F3N3O4. The first-order valence-corrected chi connectivity index (χ1v) is 11.2. The molecule has 0 amide bonds. The summed E-state index contributed by atoms with van der Waals surface area (Å²) in [6.07, 6.45) is -2.66. The summed E-state index contributed by atoms with van der Waals surface area (Å²) in [6, 6.07) is 18.9. The highest BCUT2D eigenvalue weighted by atomic mass is 19.4. The number of carboxylic acid groups (broad SMARTS) is 1. The van der Waals surface area contributed by atoms with Crippen LogP contribution >= 0.6 is 0 Å². The molecule has 3 aromatic carbocycles. The zero-order valence-corrected chi connectivity index (χ0v) is 19.6. The maximum atomic E-state index is 13.4. The van der Waals surface area contributed by atoms with E-state index in [1.165, 1.54) is 17.7 Å². The fourth-order valence-corrected chi connectivity index (χ4v) is 3.69. The first-order chi connectivity index (χ1) is 17.7. The second kappa shape index (κ2) is 10.6.